The Balaban J connectivity index is 2.60. The second kappa shape index (κ2) is 5.01. The van der Waals surface area contributed by atoms with Crippen molar-refractivity contribution in [1.29, 1.82) is 0 Å². The number of hydrogen-bond donors (Lipinski definition) is 1. The van der Waals surface area contributed by atoms with Crippen LogP contribution in [0.1, 0.15) is 5.56 Å². The summed E-state index contributed by atoms with van der Waals surface area (Å²) in [5.41, 5.74) is 7.30. The van der Waals surface area contributed by atoms with Crippen LogP contribution in [-0.4, -0.2) is 21.9 Å². The summed E-state index contributed by atoms with van der Waals surface area (Å²) in [6, 6.07) is 5.52. The van der Waals surface area contributed by atoms with E-state index in [0.29, 0.717) is 4.99 Å². The average Bonchev–Trinajstić information content (AvgIpc) is 2.75. The minimum absolute atomic E-state index is 0.341. The molecule has 88 valence electrons. The normalized spacial score (nSPS) is 10.2. The Morgan fingerprint density at radius 1 is 1.53 bits per heavy atom. The lowest BCUT2D eigenvalue weighted by Gasteiger charge is -2.10. The van der Waals surface area contributed by atoms with E-state index < -0.39 is 0 Å². The second-order valence-electron chi connectivity index (χ2n) is 3.35. The lowest BCUT2D eigenvalue weighted by molar-refractivity contribution is 0.414. The number of methoxy groups -OCH3 is 1. The van der Waals surface area contributed by atoms with Crippen molar-refractivity contribution in [3.05, 3.63) is 39.7 Å². The quantitative estimate of drug-likeness (QED) is 0.674. The van der Waals surface area contributed by atoms with Crippen LogP contribution in [0.15, 0.2) is 30.6 Å². The standard InChI is InChI=1S/C11H10IN3OS/c1-16-8-2-3-9(11(13)17)10(4-8)15-6-7(12)5-14-15/h2-6H,1H3,(H2,13,17). The Kier molecular flexibility index (Phi) is 3.63. The molecule has 0 spiro atoms. The molecule has 0 amide bonds. The highest BCUT2D eigenvalue weighted by Crippen LogP contribution is 2.21. The van der Waals surface area contributed by atoms with Gasteiger partial charge in [0, 0.05) is 17.8 Å². The number of rotatable bonds is 3. The SMILES string of the molecule is COc1ccc(C(N)=S)c(-n2cc(I)cn2)c1. The highest BCUT2D eigenvalue weighted by molar-refractivity contribution is 14.1. The Morgan fingerprint density at radius 3 is 2.82 bits per heavy atom. The van der Waals surface area contributed by atoms with Gasteiger partial charge in [-0.05, 0) is 34.7 Å². The molecule has 0 saturated carbocycles. The average molecular weight is 359 g/mol. The lowest BCUT2D eigenvalue weighted by Crippen LogP contribution is -2.13. The van der Waals surface area contributed by atoms with Crippen molar-refractivity contribution in [2.24, 2.45) is 5.73 Å². The third kappa shape index (κ3) is 2.58. The first kappa shape index (κ1) is 12.3. The van der Waals surface area contributed by atoms with Crippen molar-refractivity contribution >= 4 is 39.8 Å². The molecular formula is C11H10IN3OS. The van der Waals surface area contributed by atoms with Gasteiger partial charge in [0.1, 0.15) is 10.7 Å². The van der Waals surface area contributed by atoms with E-state index in [-0.39, 0.29) is 0 Å². The zero-order valence-electron chi connectivity index (χ0n) is 9.05. The summed E-state index contributed by atoms with van der Waals surface area (Å²) in [5.74, 6) is 0.741. The highest BCUT2D eigenvalue weighted by atomic mass is 127. The van der Waals surface area contributed by atoms with E-state index in [1.165, 1.54) is 0 Å². The molecule has 2 aromatic rings. The zero-order chi connectivity index (χ0) is 12.4. The number of thiocarbonyl (C=S) groups is 1. The van der Waals surface area contributed by atoms with E-state index in [0.717, 1.165) is 20.6 Å². The molecule has 0 fully saturated rings. The summed E-state index contributed by atoms with van der Waals surface area (Å²) in [5, 5.41) is 4.24. The van der Waals surface area contributed by atoms with Gasteiger partial charge >= 0.3 is 0 Å². The molecule has 2 rings (SSSR count). The number of aromatic nitrogens is 2. The molecule has 17 heavy (non-hydrogen) atoms. The van der Waals surface area contributed by atoms with E-state index in [2.05, 4.69) is 27.7 Å². The fourth-order valence-corrected chi connectivity index (χ4v) is 2.03. The predicted octanol–water partition coefficient (Wildman–Crippen LogP) is 2.12. The fraction of sp³-hybridized carbons (Fsp3) is 0.0909. The minimum Gasteiger partial charge on any atom is -0.497 e. The molecule has 4 nitrogen and oxygen atoms in total. The van der Waals surface area contributed by atoms with Crippen LogP contribution in [0.25, 0.3) is 5.69 Å². The molecule has 1 heterocycles. The maximum atomic E-state index is 5.70. The molecule has 1 aromatic carbocycles. The number of nitrogens with zero attached hydrogens (tertiary/aromatic N) is 2. The van der Waals surface area contributed by atoms with E-state index in [1.807, 2.05) is 24.4 Å². The fourth-order valence-electron chi connectivity index (χ4n) is 1.47. The second-order valence-corrected chi connectivity index (χ2v) is 5.04. The number of ether oxygens (including phenoxy) is 1. The molecule has 1 aromatic heterocycles. The first-order chi connectivity index (χ1) is 8.11. The van der Waals surface area contributed by atoms with Crippen LogP contribution in [0.2, 0.25) is 0 Å². The Labute approximate surface area is 118 Å². The first-order valence-electron chi connectivity index (χ1n) is 4.80. The summed E-state index contributed by atoms with van der Waals surface area (Å²) < 4.78 is 7.97. The van der Waals surface area contributed by atoms with Crippen LogP contribution in [0.5, 0.6) is 5.75 Å². The van der Waals surface area contributed by atoms with Gasteiger partial charge in [-0.15, -0.1) is 0 Å². The number of hydrogen-bond acceptors (Lipinski definition) is 3. The van der Waals surface area contributed by atoms with Crippen molar-refractivity contribution in [3.63, 3.8) is 0 Å². The molecule has 2 N–H and O–H groups in total. The van der Waals surface area contributed by atoms with Crippen molar-refractivity contribution in [2.75, 3.05) is 7.11 Å². The Morgan fingerprint density at radius 2 is 2.29 bits per heavy atom. The van der Waals surface area contributed by atoms with E-state index in [1.54, 1.807) is 18.0 Å². The van der Waals surface area contributed by atoms with Gasteiger partial charge in [-0.25, -0.2) is 4.68 Å². The summed E-state index contributed by atoms with van der Waals surface area (Å²) in [6.07, 6.45) is 3.67. The minimum atomic E-state index is 0.341. The van der Waals surface area contributed by atoms with Crippen LogP contribution in [0.3, 0.4) is 0 Å². The molecule has 6 heteroatoms. The molecule has 0 bridgehead atoms. The van der Waals surface area contributed by atoms with E-state index in [9.17, 15) is 0 Å². The van der Waals surface area contributed by atoms with Gasteiger partial charge < -0.3 is 10.5 Å². The number of halogens is 1. The number of benzene rings is 1. The summed E-state index contributed by atoms with van der Waals surface area (Å²) >= 11 is 7.23. The zero-order valence-corrected chi connectivity index (χ0v) is 12.0. The first-order valence-corrected chi connectivity index (χ1v) is 6.29. The van der Waals surface area contributed by atoms with Crippen molar-refractivity contribution in [3.8, 4) is 11.4 Å². The molecule has 0 aliphatic heterocycles. The predicted molar refractivity (Wildman–Crippen MR) is 78.7 cm³/mol. The van der Waals surface area contributed by atoms with E-state index in [4.69, 9.17) is 22.7 Å². The van der Waals surface area contributed by atoms with Crippen LogP contribution >= 0.6 is 34.8 Å². The van der Waals surface area contributed by atoms with Gasteiger partial charge in [-0.2, -0.15) is 5.10 Å². The summed E-state index contributed by atoms with van der Waals surface area (Å²) in [4.78, 5) is 0.341. The van der Waals surface area contributed by atoms with Gasteiger partial charge in [0.05, 0.1) is 22.6 Å². The third-order valence-electron chi connectivity index (χ3n) is 2.27. The van der Waals surface area contributed by atoms with Gasteiger partial charge in [0.2, 0.25) is 0 Å². The largest absolute Gasteiger partial charge is 0.497 e. The molecule has 0 saturated heterocycles. The van der Waals surface area contributed by atoms with Crippen molar-refractivity contribution in [1.82, 2.24) is 9.78 Å². The maximum absolute atomic E-state index is 5.70. The third-order valence-corrected chi connectivity index (χ3v) is 3.05. The van der Waals surface area contributed by atoms with Crippen molar-refractivity contribution in [2.45, 2.75) is 0 Å². The monoisotopic (exact) mass is 359 g/mol. The molecule has 0 radical (unpaired) electrons. The lowest BCUT2D eigenvalue weighted by atomic mass is 10.1. The molecule has 0 aliphatic carbocycles. The summed E-state index contributed by atoms with van der Waals surface area (Å²) in [6.45, 7) is 0. The Hall–Kier alpha value is -1.15. The molecule has 0 unspecified atom stereocenters. The van der Waals surface area contributed by atoms with Gasteiger partial charge in [0.25, 0.3) is 0 Å². The smallest absolute Gasteiger partial charge is 0.121 e. The Bertz CT molecular complexity index is 568. The van der Waals surface area contributed by atoms with Gasteiger partial charge in [-0.3, -0.25) is 0 Å². The van der Waals surface area contributed by atoms with Crippen LogP contribution in [-0.2, 0) is 0 Å². The van der Waals surface area contributed by atoms with Gasteiger partial charge in [0.15, 0.2) is 0 Å². The maximum Gasteiger partial charge on any atom is 0.121 e. The van der Waals surface area contributed by atoms with Gasteiger partial charge in [-0.1, -0.05) is 12.2 Å². The molecule has 0 atom stereocenters. The van der Waals surface area contributed by atoms with Crippen LogP contribution < -0.4 is 10.5 Å². The topological polar surface area (TPSA) is 53.1 Å². The van der Waals surface area contributed by atoms with Crippen LogP contribution in [0, 0.1) is 3.57 Å². The van der Waals surface area contributed by atoms with Crippen molar-refractivity contribution < 1.29 is 4.74 Å². The molecule has 0 aliphatic rings. The van der Waals surface area contributed by atoms with E-state index >= 15 is 0 Å². The molecular weight excluding hydrogens is 349 g/mol. The number of nitrogens with two attached hydrogens (primary N) is 1. The summed E-state index contributed by atoms with van der Waals surface area (Å²) in [7, 11) is 1.62. The highest BCUT2D eigenvalue weighted by Gasteiger charge is 2.09. The van der Waals surface area contributed by atoms with Crippen LogP contribution in [0.4, 0.5) is 0 Å².